The van der Waals surface area contributed by atoms with Gasteiger partial charge in [0.25, 0.3) is 0 Å². The highest BCUT2D eigenvalue weighted by Gasteiger charge is 2.24. The highest BCUT2D eigenvalue weighted by molar-refractivity contribution is 5.86. The highest BCUT2D eigenvalue weighted by Crippen LogP contribution is 2.10. The topological polar surface area (TPSA) is 72.2 Å². The lowest BCUT2D eigenvalue weighted by atomic mass is 9.94. The Morgan fingerprint density at radius 2 is 1.54 bits per heavy atom. The van der Waals surface area contributed by atoms with E-state index in [2.05, 4.69) is 5.32 Å². The van der Waals surface area contributed by atoms with Gasteiger partial charge in [-0.05, 0) is 13.8 Å². The Hall–Kier alpha value is -1.06. The fourth-order valence-corrected chi connectivity index (χ4v) is 0.889. The van der Waals surface area contributed by atoms with Gasteiger partial charge in [0.15, 0.2) is 0 Å². The van der Waals surface area contributed by atoms with Crippen LogP contribution in [-0.2, 0) is 9.59 Å². The van der Waals surface area contributed by atoms with Crippen LogP contribution < -0.4 is 11.1 Å². The molecule has 2 amide bonds. The molecular formula is C9H18N2O2. The second kappa shape index (κ2) is 4.84. The Morgan fingerprint density at radius 1 is 1.08 bits per heavy atom. The smallest absolute Gasteiger partial charge is 0.223 e. The molecule has 4 nitrogen and oxygen atoms in total. The Kier molecular flexibility index (Phi) is 4.45. The third-order valence-electron chi connectivity index (χ3n) is 2.04. The van der Waals surface area contributed by atoms with Crippen molar-refractivity contribution in [2.24, 2.45) is 17.6 Å². The molecule has 2 atom stereocenters. The summed E-state index contributed by atoms with van der Waals surface area (Å²) in [6, 6.07) is 0.0926. The maximum absolute atomic E-state index is 11.4. The van der Waals surface area contributed by atoms with Crippen LogP contribution in [0.4, 0.5) is 0 Å². The van der Waals surface area contributed by atoms with E-state index in [4.69, 9.17) is 5.73 Å². The third-order valence-corrected chi connectivity index (χ3v) is 2.04. The van der Waals surface area contributed by atoms with Crippen LogP contribution in [0, 0.1) is 11.8 Å². The molecule has 0 heterocycles. The number of carbonyl (C=O) groups is 2. The summed E-state index contributed by atoms with van der Waals surface area (Å²) in [5, 5.41) is 2.73. The number of primary amides is 1. The predicted molar refractivity (Wildman–Crippen MR) is 50.8 cm³/mol. The van der Waals surface area contributed by atoms with Crippen molar-refractivity contribution in [3.63, 3.8) is 0 Å². The van der Waals surface area contributed by atoms with Gasteiger partial charge >= 0.3 is 0 Å². The Morgan fingerprint density at radius 3 is 1.85 bits per heavy atom. The number of nitrogens with two attached hydrogens (primary N) is 1. The molecule has 0 radical (unpaired) electrons. The van der Waals surface area contributed by atoms with Crippen LogP contribution in [0.15, 0.2) is 0 Å². The normalized spacial score (nSPS) is 15.2. The van der Waals surface area contributed by atoms with Gasteiger partial charge in [-0.3, -0.25) is 9.59 Å². The molecule has 0 fully saturated rings. The quantitative estimate of drug-likeness (QED) is 0.661. The summed E-state index contributed by atoms with van der Waals surface area (Å²) in [7, 11) is 0. The van der Waals surface area contributed by atoms with Crippen molar-refractivity contribution in [3.05, 3.63) is 0 Å². The summed E-state index contributed by atoms with van der Waals surface area (Å²) in [4.78, 5) is 22.2. The molecule has 13 heavy (non-hydrogen) atoms. The van der Waals surface area contributed by atoms with E-state index in [1.165, 1.54) is 0 Å². The van der Waals surface area contributed by atoms with Gasteiger partial charge in [-0.2, -0.15) is 0 Å². The lowest BCUT2D eigenvalue weighted by molar-refractivity contribution is -0.132. The second-order valence-electron chi connectivity index (χ2n) is 3.64. The van der Waals surface area contributed by atoms with Gasteiger partial charge in [0, 0.05) is 17.9 Å². The van der Waals surface area contributed by atoms with Gasteiger partial charge in [-0.1, -0.05) is 13.8 Å². The molecule has 0 bridgehead atoms. The van der Waals surface area contributed by atoms with Crippen LogP contribution in [0.1, 0.15) is 27.7 Å². The number of hydrogen-bond acceptors (Lipinski definition) is 2. The lowest BCUT2D eigenvalue weighted by Gasteiger charge is -2.18. The average molecular weight is 186 g/mol. The average Bonchev–Trinajstić information content (AvgIpc) is 2.00. The van der Waals surface area contributed by atoms with E-state index in [0.717, 1.165) is 0 Å². The Labute approximate surface area is 78.9 Å². The standard InChI is InChI=1S/C9H18N2O2/c1-5(2)11-9(13)7(4)6(3)8(10)12/h5-7H,1-4H3,(H2,10,12)(H,11,13)/t6?,7-/m1/s1. The highest BCUT2D eigenvalue weighted by atomic mass is 16.2. The molecule has 3 N–H and O–H groups in total. The Balaban J connectivity index is 4.17. The van der Waals surface area contributed by atoms with E-state index >= 15 is 0 Å². The van der Waals surface area contributed by atoms with E-state index < -0.39 is 11.8 Å². The molecule has 0 aromatic rings. The van der Waals surface area contributed by atoms with E-state index in [1.54, 1.807) is 13.8 Å². The first-order valence-electron chi connectivity index (χ1n) is 4.46. The van der Waals surface area contributed by atoms with Gasteiger partial charge in [0.2, 0.25) is 11.8 Å². The molecule has 1 unspecified atom stereocenters. The number of hydrogen-bond donors (Lipinski definition) is 2. The van der Waals surface area contributed by atoms with Crippen LogP contribution in [0.5, 0.6) is 0 Å². The van der Waals surface area contributed by atoms with Crippen LogP contribution in [0.25, 0.3) is 0 Å². The van der Waals surface area contributed by atoms with E-state index in [1.807, 2.05) is 13.8 Å². The third kappa shape index (κ3) is 3.92. The van der Waals surface area contributed by atoms with E-state index in [9.17, 15) is 9.59 Å². The zero-order valence-electron chi connectivity index (χ0n) is 8.63. The minimum atomic E-state index is -0.439. The maximum atomic E-state index is 11.4. The minimum absolute atomic E-state index is 0.0926. The van der Waals surface area contributed by atoms with Crippen molar-refractivity contribution in [3.8, 4) is 0 Å². The molecule has 76 valence electrons. The summed E-state index contributed by atoms with van der Waals surface area (Å²) < 4.78 is 0. The van der Waals surface area contributed by atoms with Gasteiger partial charge < -0.3 is 11.1 Å². The lowest BCUT2D eigenvalue weighted by Crippen LogP contribution is -2.40. The first-order chi connectivity index (χ1) is 5.86. The Bertz CT molecular complexity index is 202. The maximum Gasteiger partial charge on any atom is 0.223 e. The van der Waals surface area contributed by atoms with Crippen molar-refractivity contribution < 1.29 is 9.59 Å². The van der Waals surface area contributed by atoms with Crippen molar-refractivity contribution in [2.45, 2.75) is 33.7 Å². The van der Waals surface area contributed by atoms with Crippen LogP contribution in [0.2, 0.25) is 0 Å². The van der Waals surface area contributed by atoms with E-state index in [-0.39, 0.29) is 17.9 Å². The second-order valence-corrected chi connectivity index (χ2v) is 3.64. The van der Waals surface area contributed by atoms with Gasteiger partial charge in [0.1, 0.15) is 0 Å². The minimum Gasteiger partial charge on any atom is -0.369 e. The van der Waals surface area contributed by atoms with Gasteiger partial charge in [0.05, 0.1) is 0 Å². The fraction of sp³-hybridized carbons (Fsp3) is 0.778. The molecule has 0 aliphatic heterocycles. The van der Waals surface area contributed by atoms with Crippen LogP contribution in [-0.4, -0.2) is 17.9 Å². The van der Waals surface area contributed by atoms with Gasteiger partial charge in [-0.25, -0.2) is 0 Å². The molecule has 0 rings (SSSR count). The number of amides is 2. The molecule has 0 aromatic carbocycles. The van der Waals surface area contributed by atoms with Crippen molar-refractivity contribution in [1.29, 1.82) is 0 Å². The largest absolute Gasteiger partial charge is 0.369 e. The zero-order valence-corrected chi connectivity index (χ0v) is 8.63. The van der Waals surface area contributed by atoms with Crippen LogP contribution >= 0.6 is 0 Å². The monoisotopic (exact) mass is 186 g/mol. The summed E-state index contributed by atoms with van der Waals surface area (Å²) in [6.07, 6.45) is 0. The molecule has 0 aliphatic carbocycles. The van der Waals surface area contributed by atoms with Gasteiger partial charge in [-0.15, -0.1) is 0 Å². The number of carbonyl (C=O) groups excluding carboxylic acids is 2. The molecule has 0 spiro atoms. The van der Waals surface area contributed by atoms with Crippen LogP contribution in [0.3, 0.4) is 0 Å². The van der Waals surface area contributed by atoms with E-state index in [0.29, 0.717) is 0 Å². The predicted octanol–water partition coefficient (Wildman–Crippen LogP) is 0.269. The molecule has 0 saturated carbocycles. The molecule has 0 aromatic heterocycles. The number of rotatable bonds is 4. The first-order valence-corrected chi connectivity index (χ1v) is 4.46. The van der Waals surface area contributed by atoms with Crippen molar-refractivity contribution in [1.82, 2.24) is 5.32 Å². The molecular weight excluding hydrogens is 168 g/mol. The van der Waals surface area contributed by atoms with Crippen molar-refractivity contribution >= 4 is 11.8 Å². The zero-order chi connectivity index (χ0) is 10.6. The summed E-state index contributed by atoms with van der Waals surface area (Å²) in [6.45, 7) is 7.11. The summed E-state index contributed by atoms with van der Waals surface area (Å²) in [5.41, 5.74) is 5.09. The summed E-state index contributed by atoms with van der Waals surface area (Å²) in [5.74, 6) is -1.34. The fourth-order valence-electron chi connectivity index (χ4n) is 0.889. The summed E-state index contributed by atoms with van der Waals surface area (Å²) >= 11 is 0. The molecule has 0 saturated heterocycles. The first kappa shape index (κ1) is 11.9. The number of nitrogens with one attached hydrogen (secondary N) is 1. The SMILES string of the molecule is CC(C)NC(=O)[C@H](C)C(C)C(N)=O. The van der Waals surface area contributed by atoms with Crippen molar-refractivity contribution in [2.75, 3.05) is 0 Å². The molecule has 4 heteroatoms. The molecule has 0 aliphatic rings.